The van der Waals surface area contributed by atoms with E-state index >= 15 is 0 Å². The van der Waals surface area contributed by atoms with Crippen LogP contribution in [0.1, 0.15) is 24.4 Å². The van der Waals surface area contributed by atoms with Crippen LogP contribution in [0.15, 0.2) is 48.8 Å². The van der Waals surface area contributed by atoms with E-state index in [0.717, 1.165) is 5.56 Å². The molecule has 1 aliphatic heterocycles. The third-order valence-corrected chi connectivity index (χ3v) is 4.52. The highest BCUT2D eigenvalue weighted by atomic mass is 16.2. The number of likely N-dealkylation sites (tertiary alicyclic amines) is 1. The number of amides is 2. The van der Waals surface area contributed by atoms with Crippen LogP contribution < -0.4 is 5.32 Å². The number of benzene rings is 1. The second-order valence-electron chi connectivity index (χ2n) is 6.15. The molecule has 1 aromatic heterocycles. The predicted molar refractivity (Wildman–Crippen MR) is 89.9 cm³/mol. The lowest BCUT2D eigenvalue weighted by Gasteiger charge is -2.25. The molecule has 1 fully saturated rings. The Morgan fingerprint density at radius 3 is 2.79 bits per heavy atom. The quantitative estimate of drug-likeness (QED) is 0.877. The molecule has 0 saturated carbocycles. The average Bonchev–Trinajstić information content (AvgIpc) is 3.21. The van der Waals surface area contributed by atoms with Gasteiger partial charge in [0.05, 0.1) is 6.04 Å². The van der Waals surface area contributed by atoms with Gasteiger partial charge in [-0.1, -0.05) is 30.3 Å². The molecule has 3 rings (SSSR count). The van der Waals surface area contributed by atoms with Gasteiger partial charge in [-0.3, -0.25) is 14.3 Å². The molecule has 6 nitrogen and oxygen atoms in total. The summed E-state index contributed by atoms with van der Waals surface area (Å²) in [5, 5.41) is 7.05. The minimum atomic E-state index is -0.0145. The van der Waals surface area contributed by atoms with Gasteiger partial charge in [-0.15, -0.1) is 0 Å². The Bertz CT molecular complexity index is 684. The molecular formula is C18H22N4O2. The Morgan fingerprint density at radius 1 is 1.29 bits per heavy atom. The van der Waals surface area contributed by atoms with Crippen LogP contribution in [0.25, 0.3) is 0 Å². The first-order valence-electron chi connectivity index (χ1n) is 8.20. The zero-order valence-electron chi connectivity index (χ0n) is 13.8. The minimum absolute atomic E-state index is 0.0145. The van der Waals surface area contributed by atoms with E-state index < -0.39 is 0 Å². The van der Waals surface area contributed by atoms with E-state index in [1.807, 2.05) is 49.6 Å². The number of carbonyl (C=O) groups excluding carboxylic acids is 2. The number of nitrogens with zero attached hydrogens (tertiary/aromatic N) is 3. The van der Waals surface area contributed by atoms with Crippen molar-refractivity contribution < 1.29 is 9.59 Å². The summed E-state index contributed by atoms with van der Waals surface area (Å²) in [6.45, 7) is 1.07. The normalized spacial score (nSPS) is 20.4. The van der Waals surface area contributed by atoms with Gasteiger partial charge >= 0.3 is 0 Å². The summed E-state index contributed by atoms with van der Waals surface area (Å²) in [6.07, 6.45) is 4.38. The molecule has 1 aromatic carbocycles. The van der Waals surface area contributed by atoms with Crippen LogP contribution in [-0.2, 0) is 16.1 Å². The van der Waals surface area contributed by atoms with Crippen molar-refractivity contribution in [3.05, 3.63) is 54.4 Å². The van der Waals surface area contributed by atoms with Crippen molar-refractivity contribution in [1.82, 2.24) is 20.0 Å². The van der Waals surface area contributed by atoms with E-state index in [2.05, 4.69) is 10.4 Å². The molecule has 2 heterocycles. The molecule has 1 N–H and O–H groups in total. The second kappa shape index (κ2) is 7.29. The van der Waals surface area contributed by atoms with Crippen LogP contribution in [0, 0.1) is 5.92 Å². The third-order valence-electron chi connectivity index (χ3n) is 4.52. The zero-order chi connectivity index (χ0) is 16.9. The standard InChI is InChI=1S/C18H22N4O2/c1-21-17(24)12-15(18(21)14-6-3-2-4-7-14)13-19-16(23)8-11-22-10-5-9-20-22/h2-7,9-10,15,18H,8,11-13H2,1H3,(H,19,23)/t15-,18-/m1/s1. The number of aryl methyl sites for hydroxylation is 1. The number of carbonyl (C=O) groups is 2. The largest absolute Gasteiger partial charge is 0.356 e. The van der Waals surface area contributed by atoms with E-state index in [1.54, 1.807) is 15.8 Å². The number of nitrogens with one attached hydrogen (secondary N) is 1. The summed E-state index contributed by atoms with van der Waals surface area (Å²) < 4.78 is 1.74. The van der Waals surface area contributed by atoms with Gasteiger partial charge in [-0.25, -0.2) is 0 Å². The van der Waals surface area contributed by atoms with Gasteiger partial charge in [0.2, 0.25) is 11.8 Å². The number of hydrogen-bond acceptors (Lipinski definition) is 3. The first-order chi connectivity index (χ1) is 11.6. The van der Waals surface area contributed by atoms with Gasteiger partial charge < -0.3 is 10.2 Å². The fourth-order valence-electron chi connectivity index (χ4n) is 3.26. The molecule has 0 aliphatic carbocycles. The Hall–Kier alpha value is -2.63. The van der Waals surface area contributed by atoms with Crippen molar-refractivity contribution >= 4 is 11.8 Å². The van der Waals surface area contributed by atoms with Crippen LogP contribution in [-0.4, -0.2) is 40.1 Å². The van der Waals surface area contributed by atoms with Crippen LogP contribution in [0.2, 0.25) is 0 Å². The molecule has 6 heteroatoms. The van der Waals surface area contributed by atoms with Crippen molar-refractivity contribution in [3.8, 4) is 0 Å². The first kappa shape index (κ1) is 16.2. The van der Waals surface area contributed by atoms with E-state index in [9.17, 15) is 9.59 Å². The highest BCUT2D eigenvalue weighted by Crippen LogP contribution is 2.36. The van der Waals surface area contributed by atoms with Crippen molar-refractivity contribution in [1.29, 1.82) is 0 Å². The minimum Gasteiger partial charge on any atom is -0.356 e. The lowest BCUT2D eigenvalue weighted by atomic mass is 9.93. The molecule has 2 atom stereocenters. The Morgan fingerprint density at radius 2 is 2.08 bits per heavy atom. The first-order valence-corrected chi connectivity index (χ1v) is 8.20. The van der Waals surface area contributed by atoms with Crippen molar-refractivity contribution in [2.45, 2.75) is 25.4 Å². The lowest BCUT2D eigenvalue weighted by Crippen LogP contribution is -2.33. The molecule has 2 aromatic rings. The van der Waals surface area contributed by atoms with Gasteiger partial charge in [0, 0.05) is 51.3 Å². The monoisotopic (exact) mass is 326 g/mol. The van der Waals surface area contributed by atoms with Crippen LogP contribution in [0.5, 0.6) is 0 Å². The summed E-state index contributed by atoms with van der Waals surface area (Å²) in [4.78, 5) is 25.9. The van der Waals surface area contributed by atoms with Crippen molar-refractivity contribution in [2.24, 2.45) is 5.92 Å². The Labute approximate surface area is 141 Å². The van der Waals surface area contributed by atoms with E-state index in [0.29, 0.717) is 25.9 Å². The lowest BCUT2D eigenvalue weighted by molar-refractivity contribution is -0.127. The average molecular weight is 326 g/mol. The number of aromatic nitrogens is 2. The van der Waals surface area contributed by atoms with Gasteiger partial charge in [0.25, 0.3) is 0 Å². The summed E-state index contributed by atoms with van der Waals surface area (Å²) in [6, 6.07) is 11.8. The SMILES string of the molecule is CN1C(=O)C[C@H](CNC(=O)CCn2cccn2)[C@H]1c1ccccc1. The van der Waals surface area contributed by atoms with Gasteiger partial charge in [-0.05, 0) is 11.6 Å². The molecule has 0 spiro atoms. The Balaban J connectivity index is 1.57. The van der Waals surface area contributed by atoms with Crippen LogP contribution in [0.3, 0.4) is 0 Å². The molecule has 1 saturated heterocycles. The van der Waals surface area contributed by atoms with Crippen LogP contribution in [0.4, 0.5) is 0 Å². The molecule has 2 amide bonds. The smallest absolute Gasteiger partial charge is 0.223 e. The molecule has 1 aliphatic rings. The molecule has 24 heavy (non-hydrogen) atoms. The third kappa shape index (κ3) is 3.64. The second-order valence-corrected chi connectivity index (χ2v) is 6.15. The maximum absolute atomic E-state index is 12.1. The van der Waals surface area contributed by atoms with Crippen molar-refractivity contribution in [3.63, 3.8) is 0 Å². The zero-order valence-corrected chi connectivity index (χ0v) is 13.8. The predicted octanol–water partition coefficient (Wildman–Crippen LogP) is 1.61. The molecule has 0 radical (unpaired) electrons. The summed E-state index contributed by atoms with van der Waals surface area (Å²) in [7, 11) is 1.83. The van der Waals surface area contributed by atoms with Gasteiger partial charge in [-0.2, -0.15) is 5.10 Å². The fraction of sp³-hybridized carbons (Fsp3) is 0.389. The van der Waals surface area contributed by atoms with Gasteiger partial charge in [0.15, 0.2) is 0 Å². The molecular weight excluding hydrogens is 304 g/mol. The van der Waals surface area contributed by atoms with Gasteiger partial charge in [0.1, 0.15) is 0 Å². The van der Waals surface area contributed by atoms with E-state index in [-0.39, 0.29) is 23.8 Å². The molecule has 0 unspecified atom stereocenters. The Kier molecular flexibility index (Phi) is 4.93. The van der Waals surface area contributed by atoms with E-state index in [1.165, 1.54) is 0 Å². The molecule has 0 bridgehead atoms. The molecule has 126 valence electrons. The highest BCUT2D eigenvalue weighted by Gasteiger charge is 2.38. The fourth-order valence-corrected chi connectivity index (χ4v) is 3.26. The number of hydrogen-bond donors (Lipinski definition) is 1. The topological polar surface area (TPSA) is 67.2 Å². The maximum Gasteiger partial charge on any atom is 0.223 e. The van der Waals surface area contributed by atoms with Crippen LogP contribution >= 0.6 is 0 Å². The maximum atomic E-state index is 12.1. The van der Waals surface area contributed by atoms with Crippen molar-refractivity contribution in [2.75, 3.05) is 13.6 Å². The summed E-state index contributed by atoms with van der Waals surface area (Å²) in [5.41, 5.74) is 1.11. The van der Waals surface area contributed by atoms with E-state index in [4.69, 9.17) is 0 Å². The summed E-state index contributed by atoms with van der Waals surface area (Å²) >= 11 is 0. The number of rotatable bonds is 6. The highest BCUT2D eigenvalue weighted by molar-refractivity contribution is 5.80. The summed E-state index contributed by atoms with van der Waals surface area (Å²) in [5.74, 6) is 0.206.